The average Bonchev–Trinajstić information content (AvgIpc) is 3.33. The van der Waals surface area contributed by atoms with Crippen LogP contribution in [0.4, 0.5) is 4.39 Å². The van der Waals surface area contributed by atoms with E-state index in [1.165, 1.54) is 16.4 Å². The summed E-state index contributed by atoms with van der Waals surface area (Å²) in [6, 6.07) is 11.2. The molecule has 170 valence electrons. The third-order valence-corrected chi connectivity index (χ3v) is 7.88. The fourth-order valence-corrected chi connectivity index (χ4v) is 5.89. The number of esters is 1. The fraction of sp³-hybridized carbons (Fsp3) is 0.391. The maximum absolute atomic E-state index is 13.3. The topological polar surface area (TPSA) is 84.0 Å². The summed E-state index contributed by atoms with van der Waals surface area (Å²) in [5, 5.41) is 0. The van der Waals surface area contributed by atoms with Gasteiger partial charge in [-0.1, -0.05) is 24.3 Å². The van der Waals surface area contributed by atoms with Crippen molar-refractivity contribution in [1.29, 1.82) is 0 Å². The zero-order valence-electron chi connectivity index (χ0n) is 17.6. The van der Waals surface area contributed by atoms with Crippen molar-refractivity contribution in [2.24, 2.45) is 0 Å². The molecule has 0 aromatic heterocycles. The normalized spacial score (nSPS) is 18.9. The first-order valence-corrected chi connectivity index (χ1v) is 12.1. The van der Waals surface area contributed by atoms with Gasteiger partial charge in [-0.3, -0.25) is 9.59 Å². The maximum atomic E-state index is 13.3. The van der Waals surface area contributed by atoms with Crippen LogP contribution in [0.3, 0.4) is 0 Å². The highest BCUT2D eigenvalue weighted by Gasteiger charge is 2.38. The number of likely N-dealkylation sites (tertiary alicyclic amines) is 1. The molecule has 2 aromatic carbocycles. The Morgan fingerprint density at radius 2 is 1.69 bits per heavy atom. The molecule has 2 aromatic rings. The minimum absolute atomic E-state index is 0.0409. The summed E-state index contributed by atoms with van der Waals surface area (Å²) in [4.78, 5) is 26.4. The van der Waals surface area contributed by atoms with Gasteiger partial charge in [-0.25, -0.2) is 12.8 Å². The zero-order valence-corrected chi connectivity index (χ0v) is 18.4. The molecule has 7 nitrogen and oxygen atoms in total. The molecule has 32 heavy (non-hydrogen) atoms. The molecule has 0 N–H and O–H groups in total. The van der Waals surface area contributed by atoms with Crippen molar-refractivity contribution in [3.8, 4) is 0 Å². The Kier molecular flexibility index (Phi) is 6.57. The monoisotopic (exact) mass is 460 g/mol. The smallest absolute Gasteiger partial charge is 0.308 e. The summed E-state index contributed by atoms with van der Waals surface area (Å²) in [6.07, 6.45) is 2.16. The lowest BCUT2D eigenvalue weighted by molar-refractivity contribution is -0.152. The van der Waals surface area contributed by atoms with Crippen LogP contribution in [-0.2, 0) is 30.8 Å². The number of carbonyl (C=O) groups is 2. The number of hydrogen-bond acceptors (Lipinski definition) is 5. The molecule has 1 saturated heterocycles. The number of rotatable bonds is 6. The number of ether oxygens (including phenoxy) is 1. The Bertz CT molecular complexity index is 1100. The minimum Gasteiger partial charge on any atom is -0.456 e. The number of nitrogens with zero attached hydrogens (tertiary/aromatic N) is 2. The first-order chi connectivity index (χ1) is 15.4. The van der Waals surface area contributed by atoms with E-state index in [0.717, 1.165) is 36.1 Å². The van der Waals surface area contributed by atoms with Crippen molar-refractivity contribution in [1.82, 2.24) is 9.21 Å². The second-order valence-corrected chi connectivity index (χ2v) is 9.88. The van der Waals surface area contributed by atoms with E-state index in [2.05, 4.69) is 0 Å². The molecule has 1 atom stereocenters. The van der Waals surface area contributed by atoms with Crippen molar-refractivity contribution in [3.05, 3.63) is 65.5 Å². The highest BCUT2D eigenvalue weighted by molar-refractivity contribution is 7.89. The summed E-state index contributed by atoms with van der Waals surface area (Å²) in [5.74, 6) is -1.41. The van der Waals surface area contributed by atoms with Crippen molar-refractivity contribution in [2.45, 2.75) is 36.6 Å². The summed E-state index contributed by atoms with van der Waals surface area (Å²) in [7, 11) is -3.98. The third-order valence-electron chi connectivity index (χ3n) is 5.96. The molecular weight excluding hydrogens is 435 g/mol. The Morgan fingerprint density at radius 1 is 1.00 bits per heavy atom. The van der Waals surface area contributed by atoms with Crippen LogP contribution in [0, 0.1) is 5.82 Å². The van der Waals surface area contributed by atoms with Crippen molar-refractivity contribution < 1.29 is 27.1 Å². The molecule has 0 bridgehead atoms. The molecule has 0 aliphatic carbocycles. The summed E-state index contributed by atoms with van der Waals surface area (Å²) >= 11 is 0. The minimum atomic E-state index is -3.98. The van der Waals surface area contributed by atoms with Gasteiger partial charge in [0.2, 0.25) is 10.0 Å². The predicted molar refractivity (Wildman–Crippen MR) is 115 cm³/mol. The van der Waals surface area contributed by atoms with Crippen LogP contribution in [-0.4, -0.2) is 55.7 Å². The lowest BCUT2D eigenvalue weighted by Crippen LogP contribution is -2.41. The summed E-state index contributed by atoms with van der Waals surface area (Å²) in [6.45, 7) is 1.16. The molecule has 0 radical (unpaired) electrons. The first-order valence-electron chi connectivity index (χ1n) is 10.6. The van der Waals surface area contributed by atoms with E-state index in [1.54, 1.807) is 17.0 Å². The molecule has 1 unspecified atom stereocenters. The van der Waals surface area contributed by atoms with Crippen LogP contribution in [0.1, 0.15) is 36.4 Å². The van der Waals surface area contributed by atoms with Crippen molar-refractivity contribution in [3.63, 3.8) is 0 Å². The summed E-state index contributed by atoms with van der Waals surface area (Å²) < 4.78 is 46.5. The lowest BCUT2D eigenvalue weighted by Gasteiger charge is -2.36. The largest absolute Gasteiger partial charge is 0.456 e. The van der Waals surface area contributed by atoms with Crippen molar-refractivity contribution >= 4 is 21.9 Å². The molecule has 0 spiro atoms. The maximum Gasteiger partial charge on any atom is 0.308 e. The molecular formula is C23H25FN2O5S. The Morgan fingerprint density at radius 3 is 2.41 bits per heavy atom. The van der Waals surface area contributed by atoms with Crippen LogP contribution in [0.25, 0.3) is 0 Å². The average molecular weight is 461 g/mol. The molecule has 9 heteroatoms. The van der Waals surface area contributed by atoms with Gasteiger partial charge < -0.3 is 9.64 Å². The van der Waals surface area contributed by atoms with E-state index < -0.39 is 27.9 Å². The van der Waals surface area contributed by atoms with Crippen LogP contribution in [0.2, 0.25) is 0 Å². The van der Waals surface area contributed by atoms with E-state index in [0.29, 0.717) is 19.5 Å². The molecule has 2 aliphatic rings. The van der Waals surface area contributed by atoms with E-state index in [9.17, 15) is 22.4 Å². The highest BCUT2D eigenvalue weighted by atomic mass is 32.2. The number of carbonyl (C=O) groups excluding carboxylic acids is 2. The number of amides is 1. The standard InChI is InChI=1S/C23H25FN2O5S/c24-18-7-9-19(10-8-18)32(29,30)26-14-11-17-5-1-2-6-20(17)21(26)15-23(28)31-16-22(27)25-12-3-4-13-25/h1-2,5-10,21H,3-4,11-16H2. The Hall–Kier alpha value is -2.78. The van der Waals surface area contributed by atoms with Gasteiger partial charge in [0.25, 0.3) is 5.91 Å². The van der Waals surface area contributed by atoms with Gasteiger partial charge in [0.05, 0.1) is 17.4 Å². The highest BCUT2D eigenvalue weighted by Crippen LogP contribution is 2.36. The number of hydrogen-bond donors (Lipinski definition) is 0. The van der Waals surface area contributed by atoms with Gasteiger partial charge in [0.15, 0.2) is 6.61 Å². The molecule has 2 heterocycles. The SMILES string of the molecule is O=C(CC1c2ccccc2CCN1S(=O)(=O)c1ccc(F)cc1)OCC(=O)N1CCCC1. The molecule has 0 saturated carbocycles. The quantitative estimate of drug-likeness (QED) is 0.619. The number of halogens is 1. The van der Waals surface area contributed by atoms with Gasteiger partial charge in [0.1, 0.15) is 5.82 Å². The first kappa shape index (κ1) is 22.4. The Labute approximate surface area is 186 Å². The lowest BCUT2D eigenvalue weighted by atomic mass is 9.92. The zero-order chi connectivity index (χ0) is 22.7. The molecule has 1 amide bonds. The second-order valence-electron chi connectivity index (χ2n) is 7.99. The van der Waals surface area contributed by atoms with Gasteiger partial charge in [0, 0.05) is 19.6 Å². The number of benzene rings is 2. The van der Waals surface area contributed by atoms with Crippen molar-refractivity contribution in [2.75, 3.05) is 26.2 Å². The second kappa shape index (κ2) is 9.38. The van der Waals surface area contributed by atoms with E-state index in [4.69, 9.17) is 4.74 Å². The third kappa shape index (κ3) is 4.68. The van der Waals surface area contributed by atoms with Gasteiger partial charge in [-0.2, -0.15) is 4.31 Å². The van der Waals surface area contributed by atoms with Gasteiger partial charge in [-0.05, 0) is 54.7 Å². The van der Waals surface area contributed by atoms with Crippen LogP contribution < -0.4 is 0 Å². The number of sulfonamides is 1. The van der Waals surface area contributed by atoms with Gasteiger partial charge >= 0.3 is 5.97 Å². The van der Waals surface area contributed by atoms with Crippen LogP contribution >= 0.6 is 0 Å². The van der Waals surface area contributed by atoms with Crippen LogP contribution in [0.5, 0.6) is 0 Å². The number of fused-ring (bicyclic) bond motifs is 1. The van der Waals surface area contributed by atoms with E-state index in [-0.39, 0.29) is 30.4 Å². The predicted octanol–water partition coefficient (Wildman–Crippen LogP) is 2.67. The van der Waals surface area contributed by atoms with Crippen LogP contribution in [0.15, 0.2) is 53.4 Å². The summed E-state index contributed by atoms with van der Waals surface area (Å²) in [5.41, 5.74) is 1.69. The molecule has 2 aliphatic heterocycles. The molecule has 4 rings (SSSR count). The van der Waals surface area contributed by atoms with Gasteiger partial charge in [-0.15, -0.1) is 0 Å². The van der Waals surface area contributed by atoms with E-state index in [1.807, 2.05) is 12.1 Å². The van der Waals surface area contributed by atoms with E-state index >= 15 is 0 Å². The fourth-order valence-electron chi connectivity index (χ4n) is 4.29. The molecule has 1 fully saturated rings. The Balaban J connectivity index is 1.55.